The summed E-state index contributed by atoms with van der Waals surface area (Å²) in [7, 11) is 0. The Balaban J connectivity index is 1.87. The van der Waals surface area contributed by atoms with Crippen molar-refractivity contribution in [1.82, 2.24) is 0 Å². The fraction of sp³-hybridized carbons (Fsp3) is 0.833. The Bertz CT molecular complexity index is 337. The van der Waals surface area contributed by atoms with Gasteiger partial charge in [-0.3, -0.25) is 0 Å². The van der Waals surface area contributed by atoms with E-state index >= 15 is 0 Å². The van der Waals surface area contributed by atoms with E-state index in [2.05, 4.69) is 19.6 Å². The zero-order valence-corrected chi connectivity index (χ0v) is 17.4. The number of rotatable bonds is 17. The average Bonchev–Trinajstić information content (AvgIpc) is 2.67. The van der Waals surface area contributed by atoms with Crippen molar-refractivity contribution in [2.45, 2.75) is 115 Å². The molecule has 0 amide bonds. The maximum Gasteiger partial charge on any atom is 0.102 e. The first-order valence-electron chi connectivity index (χ1n) is 11.4. The van der Waals surface area contributed by atoms with E-state index in [-0.39, 0.29) is 12.2 Å². The normalized spacial score (nSPS) is 20.7. The zero-order valence-electron chi connectivity index (χ0n) is 17.4. The molecule has 2 nitrogen and oxygen atoms in total. The third-order valence-electron chi connectivity index (χ3n) is 5.37. The Morgan fingerprint density at radius 3 is 1.77 bits per heavy atom. The molecule has 1 heterocycles. The lowest BCUT2D eigenvalue weighted by molar-refractivity contribution is -0.123. The van der Waals surface area contributed by atoms with Crippen LogP contribution in [0.25, 0.3) is 0 Å². The molecule has 0 bridgehead atoms. The van der Waals surface area contributed by atoms with Crippen LogP contribution >= 0.6 is 0 Å². The third-order valence-corrected chi connectivity index (χ3v) is 5.37. The molecule has 1 fully saturated rings. The van der Waals surface area contributed by atoms with E-state index in [9.17, 15) is 0 Å². The highest BCUT2D eigenvalue weighted by Gasteiger charge is 2.23. The topological polar surface area (TPSA) is 18.5 Å². The van der Waals surface area contributed by atoms with Crippen molar-refractivity contribution in [3.8, 4) is 0 Å². The molecule has 0 saturated carbocycles. The van der Waals surface area contributed by atoms with Crippen molar-refractivity contribution in [3.63, 3.8) is 0 Å². The van der Waals surface area contributed by atoms with Gasteiger partial charge in [-0.2, -0.15) is 0 Å². The van der Waals surface area contributed by atoms with E-state index < -0.39 is 0 Å². The number of hydrogen-bond acceptors (Lipinski definition) is 2. The Hall–Kier alpha value is -0.600. The first-order chi connectivity index (χ1) is 12.9. The fourth-order valence-electron chi connectivity index (χ4n) is 3.74. The number of hydrogen-bond donors (Lipinski definition) is 0. The Morgan fingerprint density at radius 2 is 1.23 bits per heavy atom. The molecule has 26 heavy (non-hydrogen) atoms. The molecule has 0 spiro atoms. The summed E-state index contributed by atoms with van der Waals surface area (Å²) in [6.45, 7) is 7.46. The zero-order chi connectivity index (χ0) is 18.7. The molecular formula is C24H44O2. The molecule has 0 unspecified atom stereocenters. The van der Waals surface area contributed by atoms with E-state index in [1.807, 2.05) is 12.2 Å². The maximum atomic E-state index is 5.89. The maximum absolute atomic E-state index is 5.89. The second kappa shape index (κ2) is 17.8. The SMILES string of the molecule is C=C/C=C/[C@H]1OCCO[C@@H]1CCCCCCCCCCCCCCCC. The van der Waals surface area contributed by atoms with Gasteiger partial charge in [0.2, 0.25) is 0 Å². The van der Waals surface area contributed by atoms with Gasteiger partial charge in [0, 0.05) is 0 Å². The fourth-order valence-corrected chi connectivity index (χ4v) is 3.74. The molecule has 1 aliphatic rings. The second-order valence-corrected chi connectivity index (χ2v) is 7.75. The summed E-state index contributed by atoms with van der Waals surface area (Å²) in [5, 5.41) is 0. The smallest absolute Gasteiger partial charge is 0.102 e. The van der Waals surface area contributed by atoms with Gasteiger partial charge < -0.3 is 9.47 Å². The molecule has 0 aromatic carbocycles. The van der Waals surface area contributed by atoms with E-state index in [1.54, 1.807) is 0 Å². The van der Waals surface area contributed by atoms with Crippen molar-refractivity contribution < 1.29 is 9.47 Å². The minimum Gasteiger partial charge on any atom is -0.373 e. The van der Waals surface area contributed by atoms with E-state index in [0.717, 1.165) is 13.0 Å². The highest BCUT2D eigenvalue weighted by molar-refractivity contribution is 5.03. The molecule has 2 atom stereocenters. The van der Waals surface area contributed by atoms with Crippen LogP contribution in [-0.2, 0) is 9.47 Å². The third kappa shape index (κ3) is 12.7. The average molecular weight is 365 g/mol. The van der Waals surface area contributed by atoms with Crippen molar-refractivity contribution >= 4 is 0 Å². The van der Waals surface area contributed by atoms with Gasteiger partial charge in [-0.05, 0) is 6.42 Å². The molecule has 1 aliphatic heterocycles. The Kier molecular flexibility index (Phi) is 16.0. The van der Waals surface area contributed by atoms with Crippen molar-refractivity contribution in [2.75, 3.05) is 13.2 Å². The van der Waals surface area contributed by atoms with E-state index in [4.69, 9.17) is 9.47 Å². The van der Waals surface area contributed by atoms with Crippen LogP contribution < -0.4 is 0 Å². The number of allylic oxidation sites excluding steroid dienone is 2. The van der Waals surface area contributed by atoms with Crippen LogP contribution in [0.5, 0.6) is 0 Å². The molecule has 1 saturated heterocycles. The summed E-state index contributed by atoms with van der Waals surface area (Å²) >= 11 is 0. The van der Waals surface area contributed by atoms with Crippen LogP contribution in [0.4, 0.5) is 0 Å². The van der Waals surface area contributed by atoms with Crippen molar-refractivity contribution in [2.24, 2.45) is 0 Å². The van der Waals surface area contributed by atoms with Gasteiger partial charge in [0.05, 0.1) is 19.3 Å². The lowest BCUT2D eigenvalue weighted by atomic mass is 10.0. The van der Waals surface area contributed by atoms with E-state index in [0.29, 0.717) is 6.61 Å². The van der Waals surface area contributed by atoms with Crippen LogP contribution in [0.2, 0.25) is 0 Å². The summed E-state index contributed by atoms with van der Waals surface area (Å²) < 4.78 is 11.7. The molecule has 0 aromatic rings. The monoisotopic (exact) mass is 364 g/mol. The summed E-state index contributed by atoms with van der Waals surface area (Å²) in [4.78, 5) is 0. The molecule has 152 valence electrons. The highest BCUT2D eigenvalue weighted by atomic mass is 16.6. The minimum atomic E-state index is 0.115. The van der Waals surface area contributed by atoms with Gasteiger partial charge in [0.25, 0.3) is 0 Å². The standard InChI is InChI=1S/C24H44O2/c1-3-5-7-8-9-10-11-12-13-14-15-16-17-18-20-24-23(19-6-4-2)25-21-22-26-24/h4,6,19,23-24H,2-3,5,7-18,20-22H2,1H3/b19-6+/t23-,24-/m1/s1. The van der Waals surface area contributed by atoms with Crippen LogP contribution in [0.15, 0.2) is 24.8 Å². The highest BCUT2D eigenvalue weighted by Crippen LogP contribution is 2.19. The summed E-state index contributed by atoms with van der Waals surface area (Å²) in [6.07, 6.45) is 27.0. The summed E-state index contributed by atoms with van der Waals surface area (Å²) in [6, 6.07) is 0. The predicted octanol–water partition coefficient (Wildman–Crippen LogP) is 7.38. The van der Waals surface area contributed by atoms with Crippen LogP contribution in [-0.4, -0.2) is 25.4 Å². The largest absolute Gasteiger partial charge is 0.373 e. The van der Waals surface area contributed by atoms with E-state index in [1.165, 1.54) is 89.9 Å². The van der Waals surface area contributed by atoms with Crippen molar-refractivity contribution in [1.29, 1.82) is 0 Å². The van der Waals surface area contributed by atoms with Gasteiger partial charge in [0.15, 0.2) is 0 Å². The Labute approximate surface area is 163 Å². The minimum absolute atomic E-state index is 0.115. The summed E-state index contributed by atoms with van der Waals surface area (Å²) in [5.41, 5.74) is 0. The molecule has 1 rings (SSSR count). The lowest BCUT2D eigenvalue weighted by Crippen LogP contribution is -2.37. The molecule has 2 heteroatoms. The summed E-state index contributed by atoms with van der Waals surface area (Å²) in [5.74, 6) is 0. The van der Waals surface area contributed by atoms with Gasteiger partial charge in [-0.1, -0.05) is 122 Å². The first kappa shape index (κ1) is 23.4. The van der Waals surface area contributed by atoms with Crippen LogP contribution in [0.1, 0.15) is 103 Å². The van der Waals surface area contributed by atoms with Crippen LogP contribution in [0, 0.1) is 0 Å². The molecule has 0 radical (unpaired) electrons. The second-order valence-electron chi connectivity index (χ2n) is 7.75. The number of unbranched alkanes of at least 4 members (excludes halogenated alkanes) is 13. The molecule has 0 N–H and O–H groups in total. The van der Waals surface area contributed by atoms with Gasteiger partial charge in [0.1, 0.15) is 6.10 Å². The van der Waals surface area contributed by atoms with Crippen LogP contribution in [0.3, 0.4) is 0 Å². The van der Waals surface area contributed by atoms with Gasteiger partial charge >= 0.3 is 0 Å². The van der Waals surface area contributed by atoms with Gasteiger partial charge in [-0.25, -0.2) is 0 Å². The quantitative estimate of drug-likeness (QED) is 0.198. The lowest BCUT2D eigenvalue weighted by Gasteiger charge is -2.30. The van der Waals surface area contributed by atoms with Gasteiger partial charge in [-0.15, -0.1) is 0 Å². The predicted molar refractivity (Wildman–Crippen MR) is 114 cm³/mol. The first-order valence-corrected chi connectivity index (χ1v) is 11.4. The van der Waals surface area contributed by atoms with Crippen molar-refractivity contribution in [3.05, 3.63) is 24.8 Å². The molecular weight excluding hydrogens is 320 g/mol. The molecule has 0 aromatic heterocycles. The number of ether oxygens (including phenoxy) is 2. The molecule has 0 aliphatic carbocycles. The Morgan fingerprint density at radius 1 is 0.731 bits per heavy atom.